The van der Waals surface area contributed by atoms with Gasteiger partial charge in [0.1, 0.15) is 6.67 Å². The van der Waals surface area contributed by atoms with Crippen molar-refractivity contribution in [1.29, 1.82) is 0 Å². The Labute approximate surface area is 412 Å². The normalized spacial score (nSPS) is 14.6. The number of thiophene rings is 2. The van der Waals surface area contributed by atoms with Gasteiger partial charge in [0.05, 0.1) is 49.0 Å². The van der Waals surface area contributed by atoms with Gasteiger partial charge in [0.25, 0.3) is 11.8 Å². The molecule has 0 radical (unpaired) electrons. The van der Waals surface area contributed by atoms with Crippen molar-refractivity contribution < 1.29 is 53.5 Å². The van der Waals surface area contributed by atoms with Gasteiger partial charge in [-0.1, -0.05) is 129 Å². The van der Waals surface area contributed by atoms with Gasteiger partial charge >= 0.3 is 18.5 Å². The average Bonchev–Trinajstić information content (AvgIpc) is 4.12. The Bertz CT molecular complexity index is 2430. The highest BCUT2D eigenvalue weighted by Gasteiger charge is 2.49. The predicted octanol–water partition coefficient (Wildman–Crippen LogP) is 18.3. The lowest BCUT2D eigenvalue weighted by Gasteiger charge is -2.24. The number of carbonyl (C=O) groups excluding carboxylic acids is 2. The molecular formula is C54H62F10N2O2S2. The van der Waals surface area contributed by atoms with E-state index >= 15 is 9.59 Å². The molecule has 0 bridgehead atoms. The number of amides is 2. The van der Waals surface area contributed by atoms with Gasteiger partial charge in [-0.05, 0) is 90.2 Å². The first-order chi connectivity index (χ1) is 33.4. The number of carbonyl (C=O) groups is 2. The minimum Gasteiger partial charge on any atom is -0.306 e. The Morgan fingerprint density at radius 1 is 0.414 bits per heavy atom. The number of hydrogen-bond acceptors (Lipinski definition) is 4. The molecule has 2 aromatic carbocycles. The second-order valence-electron chi connectivity index (χ2n) is 18.4. The quantitative estimate of drug-likeness (QED) is 0.0441. The molecule has 0 unspecified atom stereocenters. The van der Waals surface area contributed by atoms with Crippen LogP contribution >= 0.6 is 22.7 Å². The van der Waals surface area contributed by atoms with Crippen molar-refractivity contribution in [3.63, 3.8) is 0 Å². The summed E-state index contributed by atoms with van der Waals surface area (Å²) in [5, 5.41) is 0. The lowest BCUT2D eigenvalue weighted by molar-refractivity contribution is -0.143. The van der Waals surface area contributed by atoms with Gasteiger partial charge in [-0.25, -0.2) is 4.39 Å². The molecule has 0 N–H and O–H groups in total. The van der Waals surface area contributed by atoms with Crippen LogP contribution in [-0.4, -0.2) is 34.7 Å². The number of halogens is 10. The number of benzene rings is 2. The first-order valence-electron chi connectivity index (χ1n) is 24.8. The van der Waals surface area contributed by atoms with Gasteiger partial charge in [-0.2, -0.15) is 39.5 Å². The summed E-state index contributed by atoms with van der Waals surface area (Å²) in [6, 6.07) is 10.5. The minimum absolute atomic E-state index is 0.0568. The topological polar surface area (TPSA) is 40.6 Å². The van der Waals surface area contributed by atoms with Crippen LogP contribution in [0.3, 0.4) is 0 Å². The first kappa shape index (κ1) is 54.9. The van der Waals surface area contributed by atoms with Gasteiger partial charge < -0.3 is 9.80 Å². The minimum atomic E-state index is -5.08. The first-order valence-corrected chi connectivity index (χ1v) is 26.4. The summed E-state index contributed by atoms with van der Waals surface area (Å²) in [6.07, 6.45) is 5.46. The predicted molar refractivity (Wildman–Crippen MR) is 260 cm³/mol. The highest BCUT2D eigenvalue weighted by atomic mass is 32.1. The number of unbranched alkanes of at least 4 members (excludes halogenated alkanes) is 18. The molecule has 0 saturated heterocycles. The second-order valence-corrected chi connectivity index (χ2v) is 20.6. The summed E-state index contributed by atoms with van der Waals surface area (Å²) in [5.74, 6) is -1.01. The largest absolute Gasteiger partial charge is 0.416 e. The van der Waals surface area contributed by atoms with E-state index in [0.29, 0.717) is 39.6 Å². The zero-order valence-corrected chi connectivity index (χ0v) is 41.5. The number of fused-ring (bicyclic) bond motifs is 1. The van der Waals surface area contributed by atoms with Crippen LogP contribution in [0.5, 0.6) is 0 Å². The number of rotatable bonds is 27. The Morgan fingerprint density at radius 2 is 0.729 bits per heavy atom. The summed E-state index contributed by atoms with van der Waals surface area (Å²) in [4.78, 5) is 34.2. The van der Waals surface area contributed by atoms with Gasteiger partial charge in [-0.3, -0.25) is 9.59 Å². The summed E-state index contributed by atoms with van der Waals surface area (Å²) in [5.41, 5.74) is -3.73. The van der Waals surface area contributed by atoms with Gasteiger partial charge in [0, 0.05) is 22.8 Å². The average molecular weight is 1030 g/mol. The van der Waals surface area contributed by atoms with Gasteiger partial charge in [0.15, 0.2) is 0 Å². The van der Waals surface area contributed by atoms with E-state index in [2.05, 4.69) is 13.8 Å². The van der Waals surface area contributed by atoms with E-state index in [1.165, 1.54) is 66.5 Å². The van der Waals surface area contributed by atoms with E-state index in [0.717, 1.165) is 112 Å². The van der Waals surface area contributed by atoms with Crippen LogP contribution < -0.4 is 0 Å². The molecule has 4 heterocycles. The third kappa shape index (κ3) is 13.9. The van der Waals surface area contributed by atoms with Crippen molar-refractivity contribution >= 4 is 45.9 Å². The molecule has 70 heavy (non-hydrogen) atoms. The molecule has 0 saturated carbocycles. The summed E-state index contributed by atoms with van der Waals surface area (Å²) in [7, 11) is 0. The molecule has 0 aliphatic carbocycles. The van der Waals surface area contributed by atoms with Crippen LogP contribution in [0.15, 0.2) is 71.8 Å². The molecule has 2 aliphatic heterocycles. The monoisotopic (exact) mass is 1020 g/mol. The van der Waals surface area contributed by atoms with E-state index in [9.17, 15) is 43.9 Å². The fourth-order valence-corrected chi connectivity index (χ4v) is 11.4. The summed E-state index contributed by atoms with van der Waals surface area (Å²) < 4.78 is 140. The Hall–Kier alpha value is -4.44. The molecule has 0 spiro atoms. The lowest BCUT2D eigenvalue weighted by Crippen LogP contribution is -2.30. The molecule has 382 valence electrons. The Morgan fingerprint density at radius 3 is 1.07 bits per heavy atom. The van der Waals surface area contributed by atoms with Crippen molar-refractivity contribution in [3.8, 4) is 20.9 Å². The molecule has 16 heteroatoms. The van der Waals surface area contributed by atoms with E-state index in [1.807, 2.05) is 0 Å². The molecule has 2 aliphatic rings. The molecule has 4 nitrogen and oxygen atoms in total. The SMILES string of the molecule is CCCCCCCCCCCCN1C(=O)C2=C(c3ccc(-c4cc(C(F)(F)F)cc(C(F)(F)F)c4)s3)N(CCCCCCCCCCCC)C(=O)C2=C1c1ccc(-c2cc(CF)cc(C(F)(F)F)c2)s1. The van der Waals surface area contributed by atoms with Gasteiger partial charge in [0.2, 0.25) is 0 Å². The van der Waals surface area contributed by atoms with Crippen molar-refractivity contribution in [3.05, 3.63) is 104 Å². The maximum Gasteiger partial charge on any atom is 0.416 e. The fraction of sp³-hybridized carbons (Fsp3) is 0.519. The third-order valence-corrected chi connectivity index (χ3v) is 15.2. The second kappa shape index (κ2) is 24.8. The van der Waals surface area contributed by atoms with E-state index in [4.69, 9.17) is 0 Å². The standard InChI is InChI=1S/C54H62F10N2O2S2/c1-3-5-7-9-11-13-15-17-19-21-27-65-48(44-25-23-42(69-44)37-29-36(35-55)30-39(31-37)52(56,57)58)46-47(51(65)68)49(66(50(46)67)28-22-20-18-16-14-12-10-8-6-4-2)45-26-24-43(70-45)38-32-40(53(59,60)61)34-41(33-38)54(62,63)64/h23-26,29-34H,3-22,27-28,35H2,1-2H3. The van der Waals surface area contributed by atoms with Gasteiger partial charge in [-0.15, -0.1) is 22.7 Å². The summed E-state index contributed by atoms with van der Waals surface area (Å²) >= 11 is 1.94. The lowest BCUT2D eigenvalue weighted by atomic mass is 10.0. The molecular weight excluding hydrogens is 963 g/mol. The molecule has 6 rings (SSSR count). The fourth-order valence-electron chi connectivity index (χ4n) is 9.26. The van der Waals surface area contributed by atoms with Crippen molar-refractivity contribution in [2.24, 2.45) is 0 Å². The Balaban J connectivity index is 1.39. The highest BCUT2D eigenvalue weighted by molar-refractivity contribution is 7.17. The molecule has 2 aromatic heterocycles. The molecule has 4 aromatic rings. The zero-order chi connectivity index (χ0) is 50.6. The number of nitrogens with zero attached hydrogens (tertiary/aromatic N) is 2. The van der Waals surface area contributed by atoms with E-state index < -0.39 is 53.7 Å². The van der Waals surface area contributed by atoms with Crippen LogP contribution in [0, 0.1) is 0 Å². The van der Waals surface area contributed by atoms with Crippen LogP contribution in [0.1, 0.15) is 174 Å². The van der Waals surface area contributed by atoms with Crippen molar-refractivity contribution in [2.45, 2.75) is 167 Å². The van der Waals surface area contributed by atoms with Crippen molar-refractivity contribution in [1.82, 2.24) is 9.80 Å². The third-order valence-electron chi connectivity index (χ3n) is 13.0. The van der Waals surface area contributed by atoms with Crippen molar-refractivity contribution in [2.75, 3.05) is 13.1 Å². The highest BCUT2D eigenvalue weighted by Crippen LogP contribution is 2.51. The van der Waals surface area contributed by atoms with E-state index in [-0.39, 0.29) is 63.3 Å². The van der Waals surface area contributed by atoms with E-state index in [1.54, 1.807) is 12.1 Å². The molecule has 2 amide bonds. The zero-order valence-electron chi connectivity index (χ0n) is 39.8. The molecule has 0 atom stereocenters. The number of hydrogen-bond donors (Lipinski definition) is 0. The number of alkyl halides is 10. The Kier molecular flexibility index (Phi) is 19.4. The molecule has 0 fully saturated rings. The van der Waals surface area contributed by atoms with Crippen LogP contribution in [-0.2, 0) is 34.8 Å². The van der Waals surface area contributed by atoms with Crippen LogP contribution in [0.4, 0.5) is 43.9 Å². The smallest absolute Gasteiger partial charge is 0.306 e. The van der Waals surface area contributed by atoms with Crippen LogP contribution in [0.25, 0.3) is 32.3 Å². The maximum absolute atomic E-state index is 15.0. The maximum atomic E-state index is 15.0. The summed E-state index contributed by atoms with van der Waals surface area (Å²) in [6.45, 7) is 3.59. The van der Waals surface area contributed by atoms with Crippen LogP contribution in [0.2, 0.25) is 0 Å².